The van der Waals surface area contributed by atoms with Gasteiger partial charge in [-0.2, -0.15) is 0 Å². The highest BCUT2D eigenvalue weighted by Crippen LogP contribution is 2.39. The van der Waals surface area contributed by atoms with Gasteiger partial charge >= 0.3 is 0 Å². The Hall–Kier alpha value is -2.26. The third-order valence-electron chi connectivity index (χ3n) is 5.89. The minimum atomic E-state index is 0.121. The van der Waals surface area contributed by atoms with E-state index in [1.54, 1.807) is 12.1 Å². The van der Waals surface area contributed by atoms with Crippen molar-refractivity contribution in [2.75, 3.05) is 0 Å². The molecule has 0 aliphatic carbocycles. The Labute approximate surface area is 188 Å². The van der Waals surface area contributed by atoms with E-state index in [2.05, 4.69) is 84.4 Å². The molecule has 3 atom stereocenters. The van der Waals surface area contributed by atoms with Crippen LogP contribution in [0.25, 0.3) is 0 Å². The van der Waals surface area contributed by atoms with E-state index < -0.39 is 0 Å². The Morgan fingerprint density at radius 2 is 1.37 bits per heavy atom. The molecule has 0 radical (unpaired) electrons. The number of benzene rings is 3. The SMILES string of the molecule is CCC(Br)c1ccccc1C(CCCC(C)c1cc(O)cc(O)c1)c1ccccc1. The maximum Gasteiger partial charge on any atom is 0.119 e. The zero-order valence-corrected chi connectivity index (χ0v) is 19.3. The molecule has 2 N–H and O–H groups in total. The Morgan fingerprint density at radius 3 is 2.00 bits per heavy atom. The van der Waals surface area contributed by atoms with Crippen LogP contribution in [0.3, 0.4) is 0 Å². The fourth-order valence-electron chi connectivity index (χ4n) is 4.22. The summed E-state index contributed by atoms with van der Waals surface area (Å²) >= 11 is 3.86. The molecular formula is C27H31BrO2. The van der Waals surface area contributed by atoms with Crippen LogP contribution in [-0.4, -0.2) is 10.2 Å². The minimum Gasteiger partial charge on any atom is -0.508 e. The number of aromatic hydroxyl groups is 2. The molecule has 0 fully saturated rings. The summed E-state index contributed by atoms with van der Waals surface area (Å²) in [4.78, 5) is 0.356. The number of rotatable bonds is 9. The van der Waals surface area contributed by atoms with Gasteiger partial charge in [0.05, 0.1) is 0 Å². The van der Waals surface area contributed by atoms with Gasteiger partial charge in [0.25, 0.3) is 0 Å². The predicted molar refractivity (Wildman–Crippen MR) is 129 cm³/mol. The van der Waals surface area contributed by atoms with Gasteiger partial charge in [-0.05, 0) is 59.6 Å². The van der Waals surface area contributed by atoms with E-state index in [-0.39, 0.29) is 17.4 Å². The Bertz CT molecular complexity index is 918. The summed E-state index contributed by atoms with van der Waals surface area (Å²) in [6.07, 6.45) is 4.17. The summed E-state index contributed by atoms with van der Waals surface area (Å²) in [6, 6.07) is 24.4. The van der Waals surface area contributed by atoms with Crippen molar-refractivity contribution in [3.05, 3.63) is 95.1 Å². The number of alkyl halides is 1. The third-order valence-corrected chi connectivity index (χ3v) is 7.03. The molecule has 0 heterocycles. The zero-order valence-electron chi connectivity index (χ0n) is 17.8. The third kappa shape index (κ3) is 5.66. The van der Waals surface area contributed by atoms with Crippen LogP contribution in [0.2, 0.25) is 0 Å². The lowest BCUT2D eigenvalue weighted by atomic mass is 9.82. The number of halogens is 1. The number of phenols is 2. The van der Waals surface area contributed by atoms with Crippen LogP contribution in [0.5, 0.6) is 11.5 Å². The first-order chi connectivity index (χ1) is 14.5. The smallest absolute Gasteiger partial charge is 0.119 e. The van der Waals surface area contributed by atoms with Crippen molar-refractivity contribution < 1.29 is 10.2 Å². The van der Waals surface area contributed by atoms with Crippen molar-refractivity contribution in [2.24, 2.45) is 0 Å². The van der Waals surface area contributed by atoms with Gasteiger partial charge in [0.2, 0.25) is 0 Å². The largest absolute Gasteiger partial charge is 0.508 e. The molecular weight excluding hydrogens is 436 g/mol. The molecule has 0 spiro atoms. The Morgan fingerprint density at radius 1 is 0.767 bits per heavy atom. The molecule has 0 aliphatic heterocycles. The first-order valence-electron chi connectivity index (χ1n) is 10.8. The van der Waals surface area contributed by atoms with Gasteiger partial charge in [-0.1, -0.05) is 90.8 Å². The van der Waals surface area contributed by atoms with Crippen LogP contribution < -0.4 is 0 Å². The molecule has 0 bridgehead atoms. The highest BCUT2D eigenvalue weighted by atomic mass is 79.9. The second-order valence-corrected chi connectivity index (χ2v) is 9.19. The van der Waals surface area contributed by atoms with Gasteiger partial charge < -0.3 is 10.2 Å². The summed E-state index contributed by atoms with van der Waals surface area (Å²) in [5, 5.41) is 19.6. The zero-order chi connectivity index (χ0) is 21.5. The van der Waals surface area contributed by atoms with Gasteiger partial charge in [0.15, 0.2) is 0 Å². The first kappa shape index (κ1) is 22.4. The molecule has 3 heteroatoms. The van der Waals surface area contributed by atoms with E-state index in [4.69, 9.17) is 0 Å². The second-order valence-electron chi connectivity index (χ2n) is 8.08. The lowest BCUT2D eigenvalue weighted by molar-refractivity contribution is 0.447. The molecule has 30 heavy (non-hydrogen) atoms. The summed E-state index contributed by atoms with van der Waals surface area (Å²) < 4.78 is 0. The molecule has 158 valence electrons. The molecule has 0 aliphatic rings. The van der Waals surface area contributed by atoms with Crippen LogP contribution in [0.4, 0.5) is 0 Å². The Balaban J connectivity index is 1.80. The second kappa shape index (κ2) is 10.7. The van der Waals surface area contributed by atoms with Crippen LogP contribution in [0.1, 0.15) is 78.4 Å². The van der Waals surface area contributed by atoms with Gasteiger partial charge in [0, 0.05) is 16.8 Å². The summed E-state index contributed by atoms with van der Waals surface area (Å²) in [7, 11) is 0. The van der Waals surface area contributed by atoms with Crippen molar-refractivity contribution >= 4 is 15.9 Å². The van der Waals surface area contributed by atoms with Crippen LogP contribution in [0.15, 0.2) is 72.8 Å². The lowest BCUT2D eigenvalue weighted by Crippen LogP contribution is -2.07. The molecule has 0 amide bonds. The maximum absolute atomic E-state index is 9.80. The van der Waals surface area contributed by atoms with Crippen LogP contribution in [0, 0.1) is 0 Å². The maximum atomic E-state index is 9.80. The van der Waals surface area contributed by atoms with E-state index in [1.807, 2.05) is 0 Å². The fourth-order valence-corrected chi connectivity index (χ4v) is 4.63. The van der Waals surface area contributed by atoms with E-state index in [9.17, 15) is 10.2 Å². The van der Waals surface area contributed by atoms with Crippen molar-refractivity contribution in [3.8, 4) is 11.5 Å². The number of hydrogen-bond donors (Lipinski definition) is 2. The Kier molecular flexibility index (Phi) is 7.98. The predicted octanol–water partition coefficient (Wildman–Crippen LogP) is 8.05. The molecule has 3 aromatic carbocycles. The van der Waals surface area contributed by atoms with Crippen LogP contribution >= 0.6 is 15.9 Å². The van der Waals surface area contributed by atoms with Crippen LogP contribution in [-0.2, 0) is 0 Å². The number of phenolic OH excluding ortho intramolecular Hbond substituents is 2. The first-order valence-corrected chi connectivity index (χ1v) is 11.7. The highest BCUT2D eigenvalue weighted by molar-refractivity contribution is 9.09. The van der Waals surface area contributed by atoms with Gasteiger partial charge in [0.1, 0.15) is 11.5 Å². The molecule has 3 rings (SSSR count). The van der Waals surface area contributed by atoms with Crippen molar-refractivity contribution in [2.45, 2.75) is 56.2 Å². The molecule has 0 aromatic heterocycles. The lowest BCUT2D eigenvalue weighted by Gasteiger charge is -2.24. The average molecular weight is 467 g/mol. The quantitative estimate of drug-likeness (QED) is 0.313. The van der Waals surface area contributed by atoms with Crippen molar-refractivity contribution in [1.29, 1.82) is 0 Å². The minimum absolute atomic E-state index is 0.121. The average Bonchev–Trinajstić information content (AvgIpc) is 2.76. The normalized spacial score (nSPS) is 14.2. The van der Waals surface area contributed by atoms with Gasteiger partial charge in [-0.15, -0.1) is 0 Å². The van der Waals surface area contributed by atoms with Gasteiger partial charge in [-0.25, -0.2) is 0 Å². The van der Waals surface area contributed by atoms with E-state index in [0.717, 1.165) is 31.2 Å². The highest BCUT2D eigenvalue weighted by Gasteiger charge is 2.20. The molecule has 0 saturated carbocycles. The fraction of sp³-hybridized carbons (Fsp3) is 0.333. The van der Waals surface area contributed by atoms with E-state index in [0.29, 0.717) is 10.7 Å². The summed E-state index contributed by atoms with van der Waals surface area (Å²) in [5.74, 6) is 0.861. The molecule has 3 aromatic rings. The summed E-state index contributed by atoms with van der Waals surface area (Å²) in [5.41, 5.74) is 5.11. The monoisotopic (exact) mass is 466 g/mol. The topological polar surface area (TPSA) is 40.5 Å². The van der Waals surface area contributed by atoms with Crippen molar-refractivity contribution in [1.82, 2.24) is 0 Å². The standard InChI is InChI=1S/C27H31BrO2/c1-3-27(28)26-14-8-7-13-25(26)24(20-11-5-4-6-12-20)15-9-10-19(2)21-16-22(29)18-23(30)17-21/h4-8,11-14,16-19,24,27,29-30H,3,9-10,15H2,1-2H3. The molecule has 3 unspecified atom stereocenters. The number of hydrogen-bond acceptors (Lipinski definition) is 2. The molecule has 0 saturated heterocycles. The summed E-state index contributed by atoms with van der Waals surface area (Å²) in [6.45, 7) is 4.37. The van der Waals surface area contributed by atoms with E-state index in [1.165, 1.54) is 22.8 Å². The van der Waals surface area contributed by atoms with Gasteiger partial charge in [-0.3, -0.25) is 0 Å². The van der Waals surface area contributed by atoms with E-state index >= 15 is 0 Å². The van der Waals surface area contributed by atoms with Crippen molar-refractivity contribution in [3.63, 3.8) is 0 Å². The molecule has 2 nitrogen and oxygen atoms in total.